The molecule has 0 spiro atoms. The molecule has 0 saturated heterocycles. The van der Waals surface area contributed by atoms with E-state index in [-0.39, 0.29) is 28.9 Å². The minimum Gasteiger partial charge on any atom is -0.350 e. The maximum atomic E-state index is 13.2. The first-order valence-corrected chi connectivity index (χ1v) is 9.40. The van der Waals surface area contributed by atoms with Gasteiger partial charge in [0.2, 0.25) is 0 Å². The Kier molecular flexibility index (Phi) is 6.27. The molecule has 2 N–H and O–H groups in total. The molecule has 0 atom stereocenters. The molecule has 30 heavy (non-hydrogen) atoms. The van der Waals surface area contributed by atoms with Crippen LogP contribution in [-0.4, -0.2) is 27.6 Å². The third-order valence-electron chi connectivity index (χ3n) is 4.00. The van der Waals surface area contributed by atoms with Crippen LogP contribution in [0.4, 0.5) is 10.1 Å². The van der Waals surface area contributed by atoms with Gasteiger partial charge in [-0.15, -0.1) is 0 Å². The van der Waals surface area contributed by atoms with Gasteiger partial charge in [0.25, 0.3) is 17.4 Å². The van der Waals surface area contributed by atoms with Gasteiger partial charge in [-0.3, -0.25) is 14.4 Å². The SMILES string of the molecule is CC(C)NC(=O)c1ccc(Cl)cc1NC(=O)c1ccc(=O)n(-c2ccc(F)cc2)n1. The van der Waals surface area contributed by atoms with Crippen LogP contribution in [0.25, 0.3) is 5.69 Å². The van der Waals surface area contributed by atoms with Crippen molar-refractivity contribution in [2.75, 3.05) is 5.32 Å². The molecule has 2 aromatic carbocycles. The molecule has 0 bridgehead atoms. The van der Waals surface area contributed by atoms with Crippen molar-refractivity contribution in [2.24, 2.45) is 0 Å². The third-order valence-corrected chi connectivity index (χ3v) is 4.23. The molecule has 0 unspecified atom stereocenters. The maximum absolute atomic E-state index is 13.2. The van der Waals surface area contributed by atoms with Crippen molar-refractivity contribution in [3.05, 3.63) is 87.0 Å². The normalized spacial score (nSPS) is 10.7. The number of nitrogens with one attached hydrogen (secondary N) is 2. The summed E-state index contributed by atoms with van der Waals surface area (Å²) in [5.41, 5.74) is 0.170. The van der Waals surface area contributed by atoms with E-state index in [9.17, 15) is 18.8 Å². The average Bonchev–Trinajstić information content (AvgIpc) is 2.68. The molecule has 3 rings (SSSR count). The Morgan fingerprint density at radius 2 is 1.73 bits per heavy atom. The van der Waals surface area contributed by atoms with Crippen LogP contribution in [0.15, 0.2) is 59.4 Å². The second kappa shape index (κ2) is 8.87. The van der Waals surface area contributed by atoms with Gasteiger partial charge in [-0.2, -0.15) is 9.78 Å². The van der Waals surface area contributed by atoms with Crippen LogP contribution in [-0.2, 0) is 0 Å². The molecular formula is C21H18ClFN4O3. The highest BCUT2D eigenvalue weighted by molar-refractivity contribution is 6.31. The van der Waals surface area contributed by atoms with Crippen LogP contribution in [0.1, 0.15) is 34.7 Å². The fourth-order valence-electron chi connectivity index (χ4n) is 2.64. The molecule has 0 aliphatic carbocycles. The topological polar surface area (TPSA) is 93.1 Å². The van der Waals surface area contributed by atoms with Crippen LogP contribution in [0.2, 0.25) is 5.02 Å². The molecule has 0 aliphatic rings. The van der Waals surface area contributed by atoms with Gasteiger partial charge in [0.15, 0.2) is 0 Å². The van der Waals surface area contributed by atoms with Crippen LogP contribution in [0, 0.1) is 5.82 Å². The van der Waals surface area contributed by atoms with Gasteiger partial charge in [0.05, 0.1) is 16.9 Å². The minimum absolute atomic E-state index is 0.0749. The van der Waals surface area contributed by atoms with Crippen LogP contribution >= 0.6 is 11.6 Å². The predicted octanol–water partition coefficient (Wildman–Crippen LogP) is 3.42. The van der Waals surface area contributed by atoms with E-state index in [0.717, 1.165) is 4.68 Å². The van der Waals surface area contributed by atoms with Gasteiger partial charge in [-0.05, 0) is 62.4 Å². The molecule has 7 nitrogen and oxygen atoms in total. The number of anilines is 1. The summed E-state index contributed by atoms with van der Waals surface area (Å²) in [7, 11) is 0. The first-order chi connectivity index (χ1) is 14.2. The van der Waals surface area contributed by atoms with Crippen molar-refractivity contribution in [1.82, 2.24) is 15.1 Å². The molecule has 2 amide bonds. The number of carbonyl (C=O) groups is 2. The Hall–Kier alpha value is -3.52. The van der Waals surface area contributed by atoms with E-state index in [4.69, 9.17) is 11.6 Å². The van der Waals surface area contributed by atoms with E-state index < -0.39 is 17.3 Å². The molecule has 0 fully saturated rings. The van der Waals surface area contributed by atoms with E-state index in [1.165, 1.54) is 48.5 Å². The minimum atomic E-state index is -0.647. The van der Waals surface area contributed by atoms with Crippen LogP contribution < -0.4 is 16.2 Å². The Labute approximate surface area is 176 Å². The number of hydrogen-bond acceptors (Lipinski definition) is 4. The smallest absolute Gasteiger partial charge is 0.276 e. The Balaban J connectivity index is 1.93. The predicted molar refractivity (Wildman–Crippen MR) is 112 cm³/mol. The summed E-state index contributed by atoms with van der Waals surface area (Å²) in [5, 5.41) is 9.74. The Morgan fingerprint density at radius 1 is 1.03 bits per heavy atom. The van der Waals surface area contributed by atoms with Gasteiger partial charge in [0, 0.05) is 17.1 Å². The van der Waals surface area contributed by atoms with E-state index >= 15 is 0 Å². The molecule has 9 heteroatoms. The average molecular weight is 429 g/mol. The summed E-state index contributed by atoms with van der Waals surface area (Å²) in [5.74, 6) is -1.48. The number of rotatable bonds is 5. The van der Waals surface area contributed by atoms with Crippen molar-refractivity contribution >= 4 is 29.1 Å². The van der Waals surface area contributed by atoms with Crippen LogP contribution in [0.5, 0.6) is 0 Å². The summed E-state index contributed by atoms with van der Waals surface area (Å²) in [6.45, 7) is 3.63. The molecule has 1 heterocycles. The van der Waals surface area contributed by atoms with Gasteiger partial charge >= 0.3 is 0 Å². The lowest BCUT2D eigenvalue weighted by atomic mass is 10.1. The van der Waals surface area contributed by atoms with Gasteiger partial charge in [-0.25, -0.2) is 4.39 Å². The second-order valence-electron chi connectivity index (χ2n) is 6.72. The zero-order chi connectivity index (χ0) is 21.8. The van der Waals surface area contributed by atoms with Gasteiger partial charge in [0.1, 0.15) is 11.5 Å². The molecule has 154 valence electrons. The number of carbonyl (C=O) groups excluding carboxylic acids is 2. The van der Waals surface area contributed by atoms with Gasteiger partial charge in [-0.1, -0.05) is 11.6 Å². The lowest BCUT2D eigenvalue weighted by Crippen LogP contribution is -2.31. The summed E-state index contributed by atoms with van der Waals surface area (Å²) >= 11 is 6.02. The van der Waals surface area contributed by atoms with Gasteiger partial charge < -0.3 is 10.6 Å². The summed E-state index contributed by atoms with van der Waals surface area (Å²) in [6, 6.07) is 11.9. The standard InChI is InChI=1S/C21H18ClFN4O3/c1-12(2)24-20(29)16-8-3-13(22)11-18(16)25-21(30)17-9-10-19(28)27(26-17)15-6-4-14(23)5-7-15/h3-12H,1-2H3,(H,24,29)(H,25,30). The molecule has 0 aliphatic heterocycles. The summed E-state index contributed by atoms with van der Waals surface area (Å²) in [6.07, 6.45) is 0. The van der Waals surface area contributed by atoms with Crippen LogP contribution in [0.3, 0.4) is 0 Å². The number of halogens is 2. The Bertz CT molecular complexity index is 1160. The lowest BCUT2D eigenvalue weighted by Gasteiger charge is -2.14. The molecule has 0 saturated carbocycles. The number of amides is 2. The largest absolute Gasteiger partial charge is 0.350 e. The number of hydrogen-bond donors (Lipinski definition) is 2. The van der Waals surface area contributed by atoms with E-state index in [0.29, 0.717) is 10.7 Å². The monoisotopic (exact) mass is 428 g/mol. The molecule has 1 aromatic heterocycles. The zero-order valence-electron chi connectivity index (χ0n) is 16.1. The molecule has 3 aromatic rings. The van der Waals surface area contributed by atoms with E-state index in [1.54, 1.807) is 6.07 Å². The highest BCUT2D eigenvalue weighted by atomic mass is 35.5. The third kappa shape index (κ3) is 4.90. The molecular weight excluding hydrogens is 411 g/mol. The second-order valence-corrected chi connectivity index (χ2v) is 7.15. The quantitative estimate of drug-likeness (QED) is 0.651. The summed E-state index contributed by atoms with van der Waals surface area (Å²) < 4.78 is 14.1. The maximum Gasteiger partial charge on any atom is 0.276 e. The van der Waals surface area contributed by atoms with Crippen molar-refractivity contribution in [1.29, 1.82) is 0 Å². The highest BCUT2D eigenvalue weighted by Crippen LogP contribution is 2.22. The highest BCUT2D eigenvalue weighted by Gasteiger charge is 2.17. The Morgan fingerprint density at radius 3 is 2.40 bits per heavy atom. The van der Waals surface area contributed by atoms with Crippen molar-refractivity contribution in [3.63, 3.8) is 0 Å². The number of benzene rings is 2. The van der Waals surface area contributed by atoms with E-state index in [2.05, 4.69) is 15.7 Å². The fraction of sp³-hybridized carbons (Fsp3) is 0.143. The lowest BCUT2D eigenvalue weighted by molar-refractivity contribution is 0.0944. The number of aromatic nitrogens is 2. The van der Waals surface area contributed by atoms with E-state index in [1.807, 2.05) is 13.8 Å². The molecule has 0 radical (unpaired) electrons. The fourth-order valence-corrected chi connectivity index (χ4v) is 2.82. The van der Waals surface area contributed by atoms with Crippen molar-refractivity contribution in [2.45, 2.75) is 19.9 Å². The van der Waals surface area contributed by atoms with Crippen molar-refractivity contribution < 1.29 is 14.0 Å². The summed E-state index contributed by atoms with van der Waals surface area (Å²) in [4.78, 5) is 37.3. The van der Waals surface area contributed by atoms with Crippen molar-refractivity contribution in [3.8, 4) is 5.69 Å². The first-order valence-electron chi connectivity index (χ1n) is 9.02. The first kappa shape index (κ1) is 21.2. The number of nitrogens with zero attached hydrogens (tertiary/aromatic N) is 2. The zero-order valence-corrected chi connectivity index (χ0v) is 16.9.